The molecule has 0 aliphatic carbocycles. The van der Waals surface area contributed by atoms with E-state index in [0.717, 1.165) is 25.3 Å². The topological polar surface area (TPSA) is 12.2 Å². The molecule has 26 heavy (non-hydrogen) atoms. The number of rotatable bonds is 4. The monoisotopic (exact) mass is 455 g/mol. The lowest BCUT2D eigenvalue weighted by atomic mass is 9.92. The fourth-order valence-electron chi connectivity index (χ4n) is 3.55. The Morgan fingerprint density at radius 3 is 2.27 bits per heavy atom. The number of benzene rings is 3. The van der Waals surface area contributed by atoms with E-state index in [0.29, 0.717) is 0 Å². The molecule has 1 aliphatic rings. The van der Waals surface area contributed by atoms with Gasteiger partial charge in [0.25, 0.3) is 0 Å². The normalized spacial score (nSPS) is 13.0. The van der Waals surface area contributed by atoms with Gasteiger partial charge in [-0.2, -0.15) is 0 Å². The van der Waals surface area contributed by atoms with Crippen molar-refractivity contribution in [2.75, 3.05) is 13.7 Å². The molecule has 132 valence electrons. The standard InChI is InChI=1S/C23H22NO.HI/c1-25-21-13-12-19-14-15-24(17-18-8-4-2-5-9-18)23(22(19)16-21)20-10-6-3-7-11-20;/h2-13,16H,14-15,17H2,1H3;1H/q+1;/p-1. The second-order valence-electron chi connectivity index (χ2n) is 6.39. The third-order valence-corrected chi connectivity index (χ3v) is 4.80. The van der Waals surface area contributed by atoms with Crippen molar-refractivity contribution in [3.8, 4) is 5.75 Å². The molecule has 0 N–H and O–H groups in total. The Kier molecular flexibility index (Phi) is 6.09. The van der Waals surface area contributed by atoms with Crippen molar-refractivity contribution in [3.05, 3.63) is 101 Å². The second-order valence-corrected chi connectivity index (χ2v) is 6.39. The summed E-state index contributed by atoms with van der Waals surface area (Å²) >= 11 is 0. The van der Waals surface area contributed by atoms with Crippen LogP contribution < -0.4 is 28.7 Å². The van der Waals surface area contributed by atoms with Crippen LogP contribution in [0.4, 0.5) is 0 Å². The summed E-state index contributed by atoms with van der Waals surface area (Å²) in [5.74, 6) is 0.911. The van der Waals surface area contributed by atoms with Crippen LogP contribution in [0, 0.1) is 0 Å². The molecule has 0 radical (unpaired) electrons. The highest BCUT2D eigenvalue weighted by atomic mass is 127. The fraction of sp³-hybridized carbons (Fsp3) is 0.174. The van der Waals surface area contributed by atoms with Crippen LogP contribution in [0.15, 0.2) is 78.9 Å². The Morgan fingerprint density at radius 2 is 1.58 bits per heavy atom. The summed E-state index contributed by atoms with van der Waals surface area (Å²) < 4.78 is 7.98. The summed E-state index contributed by atoms with van der Waals surface area (Å²) in [6.07, 6.45) is 1.06. The van der Waals surface area contributed by atoms with Gasteiger partial charge >= 0.3 is 0 Å². The molecule has 4 rings (SSSR count). The van der Waals surface area contributed by atoms with Crippen LogP contribution in [-0.4, -0.2) is 23.9 Å². The average Bonchev–Trinajstić information content (AvgIpc) is 2.69. The molecule has 1 aliphatic heterocycles. The quantitative estimate of drug-likeness (QED) is 0.427. The SMILES string of the molecule is COc1ccc2c(c1)C(c1ccccc1)=[N+](Cc1ccccc1)CC2.[I-]. The molecule has 0 unspecified atom stereocenters. The van der Waals surface area contributed by atoms with Gasteiger partial charge in [0.05, 0.1) is 12.7 Å². The second kappa shape index (κ2) is 8.49. The van der Waals surface area contributed by atoms with Crippen molar-refractivity contribution in [3.63, 3.8) is 0 Å². The molecule has 2 nitrogen and oxygen atoms in total. The first-order chi connectivity index (χ1) is 12.3. The molecular weight excluding hydrogens is 433 g/mol. The molecule has 3 aromatic rings. The molecular formula is C23H22INO. The summed E-state index contributed by atoms with van der Waals surface area (Å²) in [6, 6.07) is 27.8. The van der Waals surface area contributed by atoms with Crippen LogP contribution in [0.1, 0.15) is 22.3 Å². The Labute approximate surface area is 172 Å². The molecule has 0 bridgehead atoms. The Bertz CT molecular complexity index is 904. The first-order valence-corrected chi connectivity index (χ1v) is 8.73. The molecule has 0 atom stereocenters. The Morgan fingerprint density at radius 1 is 0.885 bits per heavy atom. The minimum Gasteiger partial charge on any atom is -1.00 e. The van der Waals surface area contributed by atoms with E-state index in [1.165, 1.54) is 28.0 Å². The number of halogens is 1. The zero-order valence-electron chi connectivity index (χ0n) is 14.9. The van der Waals surface area contributed by atoms with Gasteiger partial charge in [0.2, 0.25) is 5.71 Å². The van der Waals surface area contributed by atoms with E-state index in [-0.39, 0.29) is 24.0 Å². The summed E-state index contributed by atoms with van der Waals surface area (Å²) in [7, 11) is 1.73. The number of ether oxygens (including phenoxy) is 1. The van der Waals surface area contributed by atoms with Crippen molar-refractivity contribution in [1.29, 1.82) is 0 Å². The van der Waals surface area contributed by atoms with Crippen molar-refractivity contribution in [1.82, 2.24) is 0 Å². The number of hydrogen-bond donors (Lipinski definition) is 0. The Hall–Kier alpha value is -2.14. The highest BCUT2D eigenvalue weighted by Crippen LogP contribution is 2.25. The predicted molar refractivity (Wildman–Crippen MR) is 102 cm³/mol. The summed E-state index contributed by atoms with van der Waals surface area (Å²) in [4.78, 5) is 0. The molecule has 3 aromatic carbocycles. The van der Waals surface area contributed by atoms with Crippen LogP contribution in [0.3, 0.4) is 0 Å². The van der Waals surface area contributed by atoms with E-state index in [9.17, 15) is 0 Å². The van der Waals surface area contributed by atoms with Gasteiger partial charge < -0.3 is 28.7 Å². The van der Waals surface area contributed by atoms with Crippen LogP contribution in [0.2, 0.25) is 0 Å². The largest absolute Gasteiger partial charge is 1.00 e. The van der Waals surface area contributed by atoms with E-state index in [2.05, 4.69) is 83.4 Å². The number of hydrogen-bond acceptors (Lipinski definition) is 1. The van der Waals surface area contributed by atoms with Crippen molar-refractivity contribution < 1.29 is 33.3 Å². The lowest BCUT2D eigenvalue weighted by Gasteiger charge is -2.20. The van der Waals surface area contributed by atoms with E-state index in [1.54, 1.807) is 7.11 Å². The molecule has 0 fully saturated rings. The first kappa shape index (κ1) is 18.6. The van der Waals surface area contributed by atoms with Gasteiger partial charge in [-0.05, 0) is 29.8 Å². The predicted octanol–water partition coefficient (Wildman–Crippen LogP) is 1.31. The van der Waals surface area contributed by atoms with Gasteiger partial charge in [0, 0.05) is 17.5 Å². The first-order valence-electron chi connectivity index (χ1n) is 8.73. The third-order valence-electron chi connectivity index (χ3n) is 4.80. The van der Waals surface area contributed by atoms with Crippen LogP contribution in [-0.2, 0) is 13.0 Å². The molecule has 0 aromatic heterocycles. The molecule has 0 spiro atoms. The summed E-state index contributed by atoms with van der Waals surface area (Å²) in [5, 5.41) is 0. The van der Waals surface area contributed by atoms with Gasteiger partial charge in [0.1, 0.15) is 12.3 Å². The maximum absolute atomic E-state index is 5.49. The smallest absolute Gasteiger partial charge is 0.215 e. The maximum atomic E-state index is 5.49. The van der Waals surface area contributed by atoms with E-state index in [1.807, 2.05) is 0 Å². The molecule has 0 saturated heterocycles. The van der Waals surface area contributed by atoms with Crippen molar-refractivity contribution in [2.24, 2.45) is 0 Å². The van der Waals surface area contributed by atoms with Crippen LogP contribution in [0.25, 0.3) is 0 Å². The van der Waals surface area contributed by atoms with E-state index in [4.69, 9.17) is 4.74 Å². The van der Waals surface area contributed by atoms with Gasteiger partial charge in [-0.3, -0.25) is 0 Å². The lowest BCUT2D eigenvalue weighted by molar-refractivity contribution is -0.544. The minimum absolute atomic E-state index is 0. The zero-order chi connectivity index (χ0) is 17.1. The fourth-order valence-corrected chi connectivity index (χ4v) is 3.55. The highest BCUT2D eigenvalue weighted by molar-refractivity contribution is 6.11. The van der Waals surface area contributed by atoms with Gasteiger partial charge in [-0.25, -0.2) is 4.58 Å². The number of nitrogens with zero attached hydrogens (tertiary/aromatic N) is 1. The van der Waals surface area contributed by atoms with E-state index < -0.39 is 0 Å². The average molecular weight is 455 g/mol. The van der Waals surface area contributed by atoms with Crippen LogP contribution in [0.5, 0.6) is 5.75 Å². The lowest BCUT2D eigenvalue weighted by Crippen LogP contribution is -3.00. The molecule has 3 heteroatoms. The van der Waals surface area contributed by atoms with Crippen LogP contribution >= 0.6 is 0 Å². The minimum atomic E-state index is 0. The zero-order valence-corrected chi connectivity index (χ0v) is 17.0. The van der Waals surface area contributed by atoms with Crippen molar-refractivity contribution >= 4 is 5.71 Å². The van der Waals surface area contributed by atoms with Gasteiger partial charge in [0.15, 0.2) is 6.54 Å². The molecule has 0 saturated carbocycles. The highest BCUT2D eigenvalue weighted by Gasteiger charge is 2.27. The number of methoxy groups -OCH3 is 1. The molecule has 1 heterocycles. The maximum Gasteiger partial charge on any atom is 0.215 e. The number of fused-ring (bicyclic) bond motifs is 1. The van der Waals surface area contributed by atoms with E-state index >= 15 is 0 Å². The van der Waals surface area contributed by atoms with Gasteiger partial charge in [-0.15, -0.1) is 0 Å². The van der Waals surface area contributed by atoms with Crippen molar-refractivity contribution in [2.45, 2.75) is 13.0 Å². The third kappa shape index (κ3) is 3.83. The molecule has 0 amide bonds. The Balaban J connectivity index is 0.00000196. The summed E-state index contributed by atoms with van der Waals surface area (Å²) in [5.41, 5.74) is 6.57. The summed E-state index contributed by atoms with van der Waals surface area (Å²) in [6.45, 7) is 1.94. The van der Waals surface area contributed by atoms with Gasteiger partial charge in [-0.1, -0.05) is 54.6 Å².